The predicted octanol–water partition coefficient (Wildman–Crippen LogP) is 5.23. The average molecular weight is 715 g/mol. The monoisotopic (exact) mass is 714 g/mol. The summed E-state index contributed by atoms with van der Waals surface area (Å²) in [6.45, 7) is 8.41. The Morgan fingerprint density at radius 3 is 2.21 bits per heavy atom. The number of rotatable bonds is 13. The second-order valence-electron chi connectivity index (χ2n) is 13.5. The van der Waals surface area contributed by atoms with E-state index < -0.39 is 17.2 Å². The van der Waals surface area contributed by atoms with Gasteiger partial charge in [0.15, 0.2) is 0 Å². The van der Waals surface area contributed by atoms with Crippen molar-refractivity contribution in [2.45, 2.75) is 51.0 Å². The summed E-state index contributed by atoms with van der Waals surface area (Å²) in [6.07, 6.45) is 5.65. The molecule has 0 radical (unpaired) electrons. The average Bonchev–Trinajstić information content (AvgIpc) is 3.93. The van der Waals surface area contributed by atoms with Crippen LogP contribution in [-0.2, 0) is 21.6 Å². The SMILES string of the molecule is CC[C@H](C(C)OC)n1ncn(-c2ccc(N3CCN(c4ccc(OCC5COC(Cn6cncn6)(c6ccc(F)cc6F)C5)cc4)CC3)cc2)c1=O. The fraction of sp³-hybridized carbons (Fsp3) is 0.421. The third-order valence-corrected chi connectivity index (χ3v) is 10.3. The Bertz CT molecular complexity index is 1980. The van der Waals surface area contributed by atoms with Crippen molar-refractivity contribution in [1.29, 1.82) is 0 Å². The second kappa shape index (κ2) is 15.3. The minimum absolute atomic E-state index is 0.00779. The van der Waals surface area contributed by atoms with Crippen molar-refractivity contribution in [3.05, 3.63) is 113 Å². The molecule has 4 atom stereocenters. The van der Waals surface area contributed by atoms with Crippen LogP contribution in [0.15, 0.2) is 90.5 Å². The first-order valence-electron chi connectivity index (χ1n) is 17.7. The summed E-state index contributed by atoms with van der Waals surface area (Å²) >= 11 is 0. The van der Waals surface area contributed by atoms with Gasteiger partial charge in [0.05, 0.1) is 37.6 Å². The summed E-state index contributed by atoms with van der Waals surface area (Å²) in [5, 5.41) is 8.57. The van der Waals surface area contributed by atoms with E-state index in [1.165, 1.54) is 23.1 Å². The van der Waals surface area contributed by atoms with Crippen LogP contribution in [0, 0.1) is 17.6 Å². The van der Waals surface area contributed by atoms with Gasteiger partial charge in [0.2, 0.25) is 0 Å². The molecule has 2 aliphatic heterocycles. The van der Waals surface area contributed by atoms with Gasteiger partial charge in [0.25, 0.3) is 0 Å². The van der Waals surface area contributed by atoms with E-state index in [0.717, 1.165) is 61.5 Å². The summed E-state index contributed by atoms with van der Waals surface area (Å²) in [4.78, 5) is 21.9. The fourth-order valence-corrected chi connectivity index (χ4v) is 7.38. The van der Waals surface area contributed by atoms with Crippen LogP contribution in [0.4, 0.5) is 20.2 Å². The molecule has 274 valence electrons. The van der Waals surface area contributed by atoms with Crippen LogP contribution >= 0.6 is 0 Å². The van der Waals surface area contributed by atoms with Crippen LogP contribution in [0.1, 0.15) is 38.3 Å². The first-order chi connectivity index (χ1) is 25.3. The minimum Gasteiger partial charge on any atom is -0.493 e. The Morgan fingerprint density at radius 2 is 1.60 bits per heavy atom. The number of benzene rings is 3. The highest BCUT2D eigenvalue weighted by Crippen LogP contribution is 2.42. The van der Waals surface area contributed by atoms with Crippen molar-refractivity contribution in [3.8, 4) is 11.4 Å². The van der Waals surface area contributed by atoms with Crippen LogP contribution in [0.5, 0.6) is 5.75 Å². The van der Waals surface area contributed by atoms with E-state index in [1.54, 1.807) is 29.0 Å². The number of methoxy groups -OCH3 is 1. The number of nitrogens with zero attached hydrogens (tertiary/aromatic N) is 8. The molecule has 52 heavy (non-hydrogen) atoms. The van der Waals surface area contributed by atoms with E-state index in [2.05, 4.69) is 49.2 Å². The van der Waals surface area contributed by atoms with Crippen LogP contribution in [0.3, 0.4) is 0 Å². The zero-order chi connectivity index (χ0) is 36.2. The van der Waals surface area contributed by atoms with Gasteiger partial charge in [-0.15, -0.1) is 0 Å². The van der Waals surface area contributed by atoms with E-state index in [4.69, 9.17) is 14.2 Å². The Hall–Kier alpha value is -5.08. The zero-order valence-corrected chi connectivity index (χ0v) is 29.6. The number of ether oxygens (including phenoxy) is 3. The van der Waals surface area contributed by atoms with Gasteiger partial charge in [0.1, 0.15) is 42.0 Å². The number of aromatic nitrogens is 6. The minimum atomic E-state index is -1.02. The highest BCUT2D eigenvalue weighted by Gasteiger charge is 2.44. The number of anilines is 2. The molecule has 0 aliphatic carbocycles. The molecule has 3 aromatic carbocycles. The molecule has 2 saturated heterocycles. The molecule has 7 rings (SSSR count). The highest BCUT2D eigenvalue weighted by molar-refractivity contribution is 5.54. The van der Waals surface area contributed by atoms with Gasteiger partial charge in [-0.25, -0.2) is 32.5 Å². The fourth-order valence-electron chi connectivity index (χ4n) is 7.38. The van der Waals surface area contributed by atoms with Gasteiger partial charge < -0.3 is 24.0 Å². The molecular formula is C38H44F2N8O4. The summed E-state index contributed by atoms with van der Waals surface area (Å²) < 4.78 is 51.3. The third kappa shape index (κ3) is 7.30. The maximum Gasteiger partial charge on any atom is 0.350 e. The summed E-state index contributed by atoms with van der Waals surface area (Å²) in [6, 6.07) is 19.6. The normalized spacial score (nSPS) is 20.3. The van der Waals surface area contributed by atoms with Gasteiger partial charge in [-0.1, -0.05) is 13.0 Å². The second-order valence-corrected chi connectivity index (χ2v) is 13.5. The molecule has 3 unspecified atom stereocenters. The van der Waals surface area contributed by atoms with Crippen LogP contribution in [-0.4, -0.2) is 81.7 Å². The topological polar surface area (TPSA) is 105 Å². The molecule has 0 N–H and O–H groups in total. The molecular weight excluding hydrogens is 670 g/mol. The predicted molar refractivity (Wildman–Crippen MR) is 192 cm³/mol. The van der Waals surface area contributed by atoms with Crippen molar-refractivity contribution in [2.75, 3.05) is 56.3 Å². The van der Waals surface area contributed by atoms with Crippen molar-refractivity contribution in [1.82, 2.24) is 29.1 Å². The molecule has 2 aromatic heterocycles. The van der Waals surface area contributed by atoms with E-state index in [1.807, 2.05) is 38.1 Å². The van der Waals surface area contributed by atoms with Gasteiger partial charge >= 0.3 is 5.69 Å². The molecule has 2 fully saturated rings. The van der Waals surface area contributed by atoms with Gasteiger partial charge in [-0.3, -0.25) is 0 Å². The lowest BCUT2D eigenvalue weighted by atomic mass is 9.87. The quantitative estimate of drug-likeness (QED) is 0.162. The molecule has 0 spiro atoms. The molecule has 0 bridgehead atoms. The van der Waals surface area contributed by atoms with Crippen LogP contribution < -0.4 is 20.2 Å². The number of halogens is 2. The number of hydrogen-bond acceptors (Lipinski definition) is 9. The molecule has 14 heteroatoms. The van der Waals surface area contributed by atoms with Crippen LogP contribution in [0.25, 0.3) is 5.69 Å². The summed E-state index contributed by atoms with van der Waals surface area (Å²) in [7, 11) is 1.64. The Morgan fingerprint density at radius 1 is 0.923 bits per heavy atom. The molecule has 0 saturated carbocycles. The third-order valence-electron chi connectivity index (χ3n) is 10.3. The Kier molecular flexibility index (Phi) is 10.4. The smallest absolute Gasteiger partial charge is 0.350 e. The molecule has 0 amide bonds. The maximum absolute atomic E-state index is 15.0. The lowest BCUT2D eigenvalue weighted by Gasteiger charge is -2.37. The van der Waals surface area contributed by atoms with Crippen molar-refractivity contribution >= 4 is 11.4 Å². The van der Waals surface area contributed by atoms with Crippen molar-refractivity contribution in [3.63, 3.8) is 0 Å². The van der Waals surface area contributed by atoms with E-state index in [9.17, 15) is 13.6 Å². The summed E-state index contributed by atoms with van der Waals surface area (Å²) in [5.74, 6) is -0.545. The van der Waals surface area contributed by atoms with Crippen molar-refractivity contribution in [2.24, 2.45) is 5.92 Å². The van der Waals surface area contributed by atoms with Crippen molar-refractivity contribution < 1.29 is 23.0 Å². The molecule has 12 nitrogen and oxygen atoms in total. The largest absolute Gasteiger partial charge is 0.493 e. The van der Waals surface area contributed by atoms with Gasteiger partial charge in [-0.05, 0) is 74.4 Å². The lowest BCUT2D eigenvalue weighted by Crippen LogP contribution is -2.46. The number of piperazine rings is 1. The Balaban J connectivity index is 0.922. The summed E-state index contributed by atoms with van der Waals surface area (Å²) in [5.41, 5.74) is 2.10. The first-order valence-corrected chi connectivity index (χ1v) is 17.7. The van der Waals surface area contributed by atoms with E-state index in [-0.39, 0.29) is 30.3 Å². The standard InChI is InChI=1S/C38H44F2N8O4/c1-4-36(27(2)50-3)48-37(49)47(26-43-48)32-8-6-30(7-9-32)44-15-17-45(18-16-44)31-10-12-33(13-11-31)51-21-28-20-38(52-22-28,23-46-25-41-24-42-46)34-14-5-29(39)19-35(34)40/h5-14,19,24-28,36H,4,15-18,20-23H2,1-3H3/t27?,28?,36-,38?/m1/s1. The van der Waals surface area contributed by atoms with E-state index >= 15 is 0 Å². The lowest BCUT2D eigenvalue weighted by molar-refractivity contribution is -0.0206. The van der Waals surface area contributed by atoms with Gasteiger partial charge in [0, 0.05) is 62.2 Å². The Labute approximate surface area is 301 Å². The molecule has 4 heterocycles. The zero-order valence-electron chi connectivity index (χ0n) is 29.6. The van der Waals surface area contributed by atoms with Gasteiger partial charge in [-0.2, -0.15) is 10.2 Å². The maximum atomic E-state index is 15.0. The molecule has 5 aromatic rings. The highest BCUT2D eigenvalue weighted by atomic mass is 19.1. The van der Waals surface area contributed by atoms with E-state index in [0.29, 0.717) is 25.2 Å². The number of hydrogen-bond donors (Lipinski definition) is 0. The first kappa shape index (κ1) is 35.3. The molecule has 2 aliphatic rings. The van der Waals surface area contributed by atoms with Crippen LogP contribution in [0.2, 0.25) is 0 Å².